The van der Waals surface area contributed by atoms with Gasteiger partial charge in [-0.25, -0.2) is 4.79 Å². The summed E-state index contributed by atoms with van der Waals surface area (Å²) in [6.45, 7) is 5.11. The number of urea groups is 1. The first kappa shape index (κ1) is 17.2. The zero-order valence-electron chi connectivity index (χ0n) is 13.8. The molecule has 1 N–H and O–H groups in total. The molecule has 1 atom stereocenters. The molecule has 5 heteroatoms. The van der Waals surface area contributed by atoms with Crippen LogP contribution in [-0.2, 0) is 0 Å². The van der Waals surface area contributed by atoms with Crippen molar-refractivity contribution in [2.24, 2.45) is 0 Å². The van der Waals surface area contributed by atoms with Crippen molar-refractivity contribution in [1.82, 2.24) is 4.90 Å². The van der Waals surface area contributed by atoms with Crippen LogP contribution < -0.4 is 5.32 Å². The maximum Gasteiger partial charge on any atom is 0.323 e. The number of carbonyl (C=O) groups is 1. The molecule has 3 nitrogen and oxygen atoms in total. The molecule has 0 aromatic heterocycles. The van der Waals surface area contributed by atoms with E-state index in [9.17, 15) is 4.79 Å². The number of rotatable bonds is 3. The van der Waals surface area contributed by atoms with Crippen LogP contribution in [0.2, 0.25) is 5.02 Å². The average molecular weight is 361 g/mol. The largest absolute Gasteiger partial charge is 0.323 e. The highest BCUT2D eigenvalue weighted by molar-refractivity contribution is 7.99. The Hall–Kier alpha value is -1.65. The Morgan fingerprint density at radius 3 is 2.67 bits per heavy atom. The number of halogens is 1. The molecular weight excluding hydrogens is 340 g/mol. The molecule has 2 amide bonds. The molecule has 0 aliphatic carbocycles. The number of nitrogens with zero attached hydrogens (tertiary/aromatic N) is 1. The molecule has 1 unspecified atom stereocenters. The predicted molar refractivity (Wildman–Crippen MR) is 103 cm³/mol. The van der Waals surface area contributed by atoms with Crippen molar-refractivity contribution in [1.29, 1.82) is 0 Å². The van der Waals surface area contributed by atoms with E-state index in [2.05, 4.69) is 43.4 Å². The summed E-state index contributed by atoms with van der Waals surface area (Å²) in [7, 11) is 0. The minimum atomic E-state index is -0.0831. The lowest BCUT2D eigenvalue weighted by Crippen LogP contribution is -2.34. The van der Waals surface area contributed by atoms with E-state index in [4.69, 9.17) is 11.6 Å². The smallest absolute Gasteiger partial charge is 0.308 e. The summed E-state index contributed by atoms with van der Waals surface area (Å²) in [6, 6.07) is 15.7. The highest BCUT2D eigenvalue weighted by Crippen LogP contribution is 2.38. The van der Waals surface area contributed by atoms with Gasteiger partial charge in [0.05, 0.1) is 0 Å². The summed E-state index contributed by atoms with van der Waals surface area (Å²) in [5, 5.41) is 3.62. The van der Waals surface area contributed by atoms with Crippen molar-refractivity contribution < 1.29 is 4.79 Å². The van der Waals surface area contributed by atoms with Crippen LogP contribution in [0.3, 0.4) is 0 Å². The average Bonchev–Trinajstić information content (AvgIpc) is 3.04. The van der Waals surface area contributed by atoms with Gasteiger partial charge in [0, 0.05) is 23.0 Å². The highest BCUT2D eigenvalue weighted by atomic mass is 35.5. The van der Waals surface area contributed by atoms with Gasteiger partial charge in [-0.15, -0.1) is 11.8 Å². The maximum absolute atomic E-state index is 12.6. The van der Waals surface area contributed by atoms with Crippen molar-refractivity contribution >= 4 is 35.1 Å². The van der Waals surface area contributed by atoms with Gasteiger partial charge in [-0.1, -0.05) is 55.8 Å². The van der Waals surface area contributed by atoms with E-state index >= 15 is 0 Å². The lowest BCUT2D eigenvalue weighted by Gasteiger charge is -2.24. The second-order valence-electron chi connectivity index (χ2n) is 6.18. The number of benzene rings is 2. The third-order valence-corrected chi connectivity index (χ3v) is 5.61. The summed E-state index contributed by atoms with van der Waals surface area (Å²) in [4.78, 5) is 14.5. The predicted octanol–water partition coefficient (Wildman–Crippen LogP) is 5.74. The van der Waals surface area contributed by atoms with Crippen molar-refractivity contribution in [2.45, 2.75) is 25.1 Å². The van der Waals surface area contributed by atoms with E-state index in [1.807, 2.05) is 17.0 Å². The normalized spacial score (nSPS) is 17.3. The summed E-state index contributed by atoms with van der Waals surface area (Å²) in [5.74, 6) is 1.46. The molecule has 1 saturated heterocycles. The molecule has 3 rings (SSSR count). The first-order valence-electron chi connectivity index (χ1n) is 8.09. The fraction of sp³-hybridized carbons (Fsp3) is 0.316. The number of amides is 2. The van der Waals surface area contributed by atoms with Gasteiger partial charge in [0.1, 0.15) is 5.37 Å². The number of hydrogen-bond acceptors (Lipinski definition) is 2. The van der Waals surface area contributed by atoms with Crippen LogP contribution >= 0.6 is 23.4 Å². The van der Waals surface area contributed by atoms with E-state index in [1.54, 1.807) is 23.9 Å². The van der Waals surface area contributed by atoms with Crippen LogP contribution in [0.1, 0.15) is 36.3 Å². The van der Waals surface area contributed by atoms with E-state index in [-0.39, 0.29) is 11.4 Å². The third kappa shape index (κ3) is 3.87. The Kier molecular flexibility index (Phi) is 5.36. The lowest BCUT2D eigenvalue weighted by atomic mass is 10.0. The molecule has 0 spiro atoms. The van der Waals surface area contributed by atoms with Crippen molar-refractivity contribution in [3.8, 4) is 0 Å². The lowest BCUT2D eigenvalue weighted by molar-refractivity contribution is 0.214. The number of thioether (sulfide) groups is 1. The molecule has 1 fully saturated rings. The first-order chi connectivity index (χ1) is 11.5. The molecule has 1 aliphatic rings. The van der Waals surface area contributed by atoms with Crippen LogP contribution in [0, 0.1) is 0 Å². The first-order valence-corrected chi connectivity index (χ1v) is 9.52. The number of hydrogen-bond donors (Lipinski definition) is 1. The minimum Gasteiger partial charge on any atom is -0.308 e. The molecule has 2 aromatic carbocycles. The Labute approximate surface area is 152 Å². The van der Waals surface area contributed by atoms with Gasteiger partial charge in [0.15, 0.2) is 0 Å². The fourth-order valence-corrected chi connectivity index (χ4v) is 4.21. The van der Waals surface area contributed by atoms with Crippen molar-refractivity contribution in [3.63, 3.8) is 0 Å². The van der Waals surface area contributed by atoms with Crippen LogP contribution in [0.4, 0.5) is 10.5 Å². The second-order valence-corrected chi connectivity index (χ2v) is 7.80. The number of nitrogens with one attached hydrogen (secondary N) is 1. The third-order valence-electron chi connectivity index (χ3n) is 4.12. The zero-order chi connectivity index (χ0) is 17.1. The Balaban J connectivity index is 1.73. The van der Waals surface area contributed by atoms with E-state index in [0.29, 0.717) is 10.9 Å². The van der Waals surface area contributed by atoms with Crippen LogP contribution in [0.15, 0.2) is 48.5 Å². The van der Waals surface area contributed by atoms with E-state index in [1.165, 1.54) is 11.1 Å². The van der Waals surface area contributed by atoms with Gasteiger partial charge in [0.25, 0.3) is 0 Å². The molecule has 0 bridgehead atoms. The standard InChI is InChI=1S/C19H21ClN2OS/c1-13(2)14-6-8-15(9-7-14)18-22(10-11-24-18)19(23)21-17-5-3-4-16(20)12-17/h3-9,12-13,18H,10-11H2,1-2H3,(H,21,23). The monoisotopic (exact) mass is 360 g/mol. The van der Waals surface area contributed by atoms with Crippen LogP contribution in [0.5, 0.6) is 0 Å². The zero-order valence-corrected chi connectivity index (χ0v) is 15.4. The summed E-state index contributed by atoms with van der Waals surface area (Å²) in [5.41, 5.74) is 3.21. The van der Waals surface area contributed by atoms with Crippen molar-refractivity contribution in [3.05, 3.63) is 64.7 Å². The molecular formula is C19H21ClN2OS. The van der Waals surface area contributed by atoms with Gasteiger partial charge in [-0.05, 0) is 35.2 Å². The number of carbonyl (C=O) groups excluding carboxylic acids is 1. The summed E-state index contributed by atoms with van der Waals surface area (Å²) >= 11 is 7.78. The topological polar surface area (TPSA) is 32.3 Å². The van der Waals surface area contributed by atoms with Gasteiger partial charge in [-0.2, -0.15) is 0 Å². The Morgan fingerprint density at radius 2 is 2.00 bits per heavy atom. The van der Waals surface area contributed by atoms with Gasteiger partial charge in [0.2, 0.25) is 0 Å². The molecule has 24 heavy (non-hydrogen) atoms. The molecule has 126 valence electrons. The maximum atomic E-state index is 12.6. The fourth-order valence-electron chi connectivity index (χ4n) is 2.76. The van der Waals surface area contributed by atoms with Crippen molar-refractivity contribution in [2.75, 3.05) is 17.6 Å². The second kappa shape index (κ2) is 7.49. The van der Waals surface area contributed by atoms with Crippen LogP contribution in [0.25, 0.3) is 0 Å². The molecule has 1 heterocycles. The summed E-state index contributed by atoms with van der Waals surface area (Å²) < 4.78 is 0. The number of anilines is 1. The minimum absolute atomic E-state index is 0.0606. The van der Waals surface area contributed by atoms with Gasteiger partial charge >= 0.3 is 6.03 Å². The SMILES string of the molecule is CC(C)c1ccc(C2SCCN2C(=O)Nc2cccc(Cl)c2)cc1. The summed E-state index contributed by atoms with van der Waals surface area (Å²) in [6.07, 6.45) is 0. The molecule has 1 aliphatic heterocycles. The van der Waals surface area contributed by atoms with Gasteiger partial charge in [-0.3, -0.25) is 0 Å². The van der Waals surface area contributed by atoms with E-state index in [0.717, 1.165) is 18.0 Å². The Bertz CT molecular complexity index is 718. The Morgan fingerprint density at radius 1 is 1.25 bits per heavy atom. The van der Waals surface area contributed by atoms with Gasteiger partial charge < -0.3 is 10.2 Å². The quantitative estimate of drug-likeness (QED) is 0.756. The molecule has 2 aromatic rings. The highest BCUT2D eigenvalue weighted by Gasteiger charge is 2.30. The molecule has 0 radical (unpaired) electrons. The molecule has 0 saturated carbocycles. The van der Waals surface area contributed by atoms with E-state index < -0.39 is 0 Å². The van der Waals surface area contributed by atoms with Crippen LogP contribution in [-0.4, -0.2) is 23.2 Å².